The summed E-state index contributed by atoms with van der Waals surface area (Å²) < 4.78 is 61.5. The van der Waals surface area contributed by atoms with Crippen LogP contribution in [0.2, 0.25) is 0 Å². The lowest BCUT2D eigenvalue weighted by molar-refractivity contribution is 0.406. The van der Waals surface area contributed by atoms with E-state index in [2.05, 4.69) is 28.8 Å². The second-order valence-corrected chi connectivity index (χ2v) is 10.2. The first kappa shape index (κ1) is 24.0. The van der Waals surface area contributed by atoms with Crippen LogP contribution in [0.25, 0.3) is 11.1 Å². The highest BCUT2D eigenvalue weighted by atomic mass is 32.2. The minimum atomic E-state index is -3.95. The van der Waals surface area contributed by atoms with E-state index in [0.717, 1.165) is 30.9 Å². The second-order valence-electron chi connectivity index (χ2n) is 8.51. The molecule has 6 nitrogen and oxygen atoms in total. The summed E-state index contributed by atoms with van der Waals surface area (Å²) >= 11 is 0. The molecule has 1 saturated heterocycles. The first-order chi connectivity index (χ1) is 16.2. The lowest BCUT2D eigenvalue weighted by Gasteiger charge is -2.38. The van der Waals surface area contributed by atoms with Crippen molar-refractivity contribution in [3.8, 4) is 16.9 Å². The van der Waals surface area contributed by atoms with Gasteiger partial charge in [-0.3, -0.25) is 4.72 Å². The van der Waals surface area contributed by atoms with Crippen molar-refractivity contribution in [2.45, 2.75) is 30.8 Å². The van der Waals surface area contributed by atoms with Gasteiger partial charge in [-0.1, -0.05) is 12.1 Å². The zero-order valence-electron chi connectivity index (χ0n) is 19.2. The van der Waals surface area contributed by atoms with E-state index in [0.29, 0.717) is 29.1 Å². The summed E-state index contributed by atoms with van der Waals surface area (Å²) in [6.45, 7) is 5.81. The lowest BCUT2D eigenvalue weighted by atomic mass is 10.1. The van der Waals surface area contributed by atoms with Crippen molar-refractivity contribution < 1.29 is 21.9 Å². The van der Waals surface area contributed by atoms with Gasteiger partial charge in [0.1, 0.15) is 17.4 Å². The third kappa shape index (κ3) is 5.15. The van der Waals surface area contributed by atoms with Gasteiger partial charge in [0.25, 0.3) is 10.0 Å². The standard InChI is InChI=1S/C25H27F2N3O3S/c1-16-14-30(15-17(2)28-16)20-7-11-25(33-3)24(13-20)29-34(31,32)21-8-4-18(5-9-21)22-10-6-19(26)12-23(22)27/h4-13,16-17,28-29H,14-15H2,1-3H3. The zero-order chi connectivity index (χ0) is 24.5. The molecule has 1 aliphatic heterocycles. The van der Waals surface area contributed by atoms with Crippen LogP contribution in [0.5, 0.6) is 5.75 Å². The molecule has 180 valence electrons. The molecule has 9 heteroatoms. The third-order valence-corrected chi connectivity index (χ3v) is 7.14. The minimum Gasteiger partial charge on any atom is -0.495 e. The smallest absolute Gasteiger partial charge is 0.262 e. The van der Waals surface area contributed by atoms with E-state index in [1.165, 1.54) is 37.4 Å². The number of nitrogens with one attached hydrogen (secondary N) is 2. The van der Waals surface area contributed by atoms with Crippen LogP contribution >= 0.6 is 0 Å². The third-order valence-electron chi connectivity index (χ3n) is 5.76. The Morgan fingerprint density at radius 1 is 0.971 bits per heavy atom. The van der Waals surface area contributed by atoms with Crippen molar-refractivity contribution in [1.82, 2.24) is 5.32 Å². The van der Waals surface area contributed by atoms with Crippen LogP contribution < -0.4 is 19.7 Å². The quantitative estimate of drug-likeness (QED) is 0.531. The van der Waals surface area contributed by atoms with Crippen LogP contribution in [0.3, 0.4) is 0 Å². The largest absolute Gasteiger partial charge is 0.495 e. The molecule has 2 N–H and O–H groups in total. The van der Waals surface area contributed by atoms with Gasteiger partial charge in [0.15, 0.2) is 0 Å². The number of sulfonamides is 1. The van der Waals surface area contributed by atoms with E-state index < -0.39 is 21.7 Å². The van der Waals surface area contributed by atoms with Crippen LogP contribution in [-0.2, 0) is 10.0 Å². The molecule has 1 fully saturated rings. The molecule has 0 aromatic heterocycles. The summed E-state index contributed by atoms with van der Waals surface area (Å²) in [7, 11) is -2.47. The van der Waals surface area contributed by atoms with Crippen molar-refractivity contribution >= 4 is 21.4 Å². The van der Waals surface area contributed by atoms with Crippen LogP contribution in [0.4, 0.5) is 20.2 Å². The van der Waals surface area contributed by atoms with E-state index >= 15 is 0 Å². The number of anilines is 2. The number of hydrogen-bond acceptors (Lipinski definition) is 5. The van der Waals surface area contributed by atoms with Crippen LogP contribution in [0, 0.1) is 11.6 Å². The van der Waals surface area contributed by atoms with Crippen LogP contribution in [0.15, 0.2) is 65.6 Å². The number of ether oxygens (including phenoxy) is 1. The van der Waals surface area contributed by atoms with Gasteiger partial charge in [-0.15, -0.1) is 0 Å². The SMILES string of the molecule is COc1ccc(N2CC(C)NC(C)C2)cc1NS(=O)(=O)c1ccc(-c2ccc(F)cc2F)cc1. The molecule has 1 aliphatic rings. The Morgan fingerprint density at radius 3 is 2.26 bits per heavy atom. The molecular weight excluding hydrogens is 460 g/mol. The first-order valence-corrected chi connectivity index (χ1v) is 12.4. The van der Waals surface area contributed by atoms with E-state index in [1.54, 1.807) is 12.1 Å². The number of benzene rings is 3. The predicted octanol–water partition coefficient (Wildman–Crippen LogP) is 4.63. The average molecular weight is 488 g/mol. The molecule has 0 aliphatic carbocycles. The maximum atomic E-state index is 14.1. The Morgan fingerprint density at radius 2 is 1.65 bits per heavy atom. The van der Waals surface area contributed by atoms with Crippen molar-refractivity contribution in [3.05, 3.63) is 72.3 Å². The Labute approximate surface area is 198 Å². The molecule has 3 aromatic rings. The zero-order valence-corrected chi connectivity index (χ0v) is 20.0. The highest BCUT2D eigenvalue weighted by molar-refractivity contribution is 7.92. The van der Waals surface area contributed by atoms with Gasteiger partial charge >= 0.3 is 0 Å². The molecule has 34 heavy (non-hydrogen) atoms. The van der Waals surface area contributed by atoms with Crippen molar-refractivity contribution in [2.75, 3.05) is 29.8 Å². The molecule has 0 bridgehead atoms. The Kier molecular flexibility index (Phi) is 6.77. The van der Waals surface area contributed by atoms with Gasteiger partial charge in [0.2, 0.25) is 0 Å². The number of rotatable bonds is 6. The minimum absolute atomic E-state index is 0.00985. The Bertz CT molecular complexity index is 1270. The summed E-state index contributed by atoms with van der Waals surface area (Å²) in [5.74, 6) is -0.994. The molecule has 0 amide bonds. The van der Waals surface area contributed by atoms with Crippen LogP contribution in [0.1, 0.15) is 13.8 Å². The monoisotopic (exact) mass is 487 g/mol. The fourth-order valence-electron chi connectivity index (χ4n) is 4.25. The Balaban J connectivity index is 1.60. The fraction of sp³-hybridized carbons (Fsp3) is 0.280. The highest BCUT2D eigenvalue weighted by Crippen LogP contribution is 2.33. The summed E-state index contributed by atoms with van der Waals surface area (Å²) in [4.78, 5) is 2.21. The number of nitrogens with zero attached hydrogens (tertiary/aromatic N) is 1. The van der Waals surface area contributed by atoms with Gasteiger partial charge < -0.3 is 15.0 Å². The normalized spacial score (nSPS) is 18.6. The fourth-order valence-corrected chi connectivity index (χ4v) is 5.31. The van der Waals surface area contributed by atoms with Crippen molar-refractivity contribution in [3.63, 3.8) is 0 Å². The number of methoxy groups -OCH3 is 1. The van der Waals surface area contributed by atoms with Crippen molar-refractivity contribution in [1.29, 1.82) is 0 Å². The summed E-state index contributed by atoms with van der Waals surface area (Å²) in [5, 5.41) is 3.48. The molecule has 0 saturated carbocycles. The second kappa shape index (κ2) is 9.60. The number of hydrogen-bond donors (Lipinski definition) is 2. The van der Waals surface area contributed by atoms with E-state index in [-0.39, 0.29) is 10.5 Å². The van der Waals surface area contributed by atoms with E-state index in [9.17, 15) is 17.2 Å². The van der Waals surface area contributed by atoms with Gasteiger partial charge in [0.05, 0.1) is 17.7 Å². The Hall–Kier alpha value is -3.17. The molecule has 4 rings (SSSR count). The predicted molar refractivity (Wildman–Crippen MR) is 130 cm³/mol. The van der Waals surface area contributed by atoms with E-state index in [4.69, 9.17) is 4.74 Å². The topological polar surface area (TPSA) is 70.7 Å². The number of piperazine rings is 1. The van der Waals surface area contributed by atoms with Crippen molar-refractivity contribution in [2.24, 2.45) is 0 Å². The molecule has 0 radical (unpaired) electrons. The molecule has 2 atom stereocenters. The van der Waals surface area contributed by atoms with Gasteiger partial charge in [-0.2, -0.15) is 0 Å². The lowest BCUT2D eigenvalue weighted by Crippen LogP contribution is -2.54. The van der Waals surface area contributed by atoms with Crippen LogP contribution in [-0.4, -0.2) is 40.7 Å². The molecule has 1 heterocycles. The molecule has 0 spiro atoms. The van der Waals surface area contributed by atoms with E-state index in [1.807, 2.05) is 6.07 Å². The number of halogens is 2. The molecule has 2 unspecified atom stereocenters. The molecule has 3 aromatic carbocycles. The maximum Gasteiger partial charge on any atom is 0.262 e. The summed E-state index contributed by atoms with van der Waals surface area (Å²) in [5.41, 5.74) is 1.85. The summed E-state index contributed by atoms with van der Waals surface area (Å²) in [6.07, 6.45) is 0. The highest BCUT2D eigenvalue weighted by Gasteiger charge is 2.23. The van der Waals surface area contributed by atoms with Gasteiger partial charge in [-0.05, 0) is 61.9 Å². The van der Waals surface area contributed by atoms with Gasteiger partial charge in [-0.25, -0.2) is 17.2 Å². The van der Waals surface area contributed by atoms with Gasteiger partial charge in [0, 0.05) is 42.5 Å². The summed E-state index contributed by atoms with van der Waals surface area (Å²) in [6, 6.07) is 15.0. The molecular formula is C25H27F2N3O3S. The first-order valence-electron chi connectivity index (χ1n) is 10.9. The average Bonchev–Trinajstić information content (AvgIpc) is 2.78. The maximum absolute atomic E-state index is 14.1.